The quantitative estimate of drug-likeness (QED) is 0.772. The Hall–Kier alpha value is -1.88. The van der Waals surface area contributed by atoms with E-state index in [9.17, 15) is 9.59 Å². The second-order valence-corrected chi connectivity index (χ2v) is 5.53. The van der Waals surface area contributed by atoms with Gasteiger partial charge in [0.15, 0.2) is 0 Å². The standard InChI is InChI=1S/C16H22N2O3/c1-2-11-7-8-17-14(9-11)15(19)18-10-12-3-5-13(6-4-12)16(20)21/h3-6,11,14,17H,2,7-10H2,1H3,(H,18,19)(H,20,21). The van der Waals surface area contributed by atoms with Crippen molar-refractivity contribution in [1.29, 1.82) is 0 Å². The lowest BCUT2D eigenvalue weighted by atomic mass is 9.90. The highest BCUT2D eigenvalue weighted by Gasteiger charge is 2.25. The molecule has 114 valence electrons. The van der Waals surface area contributed by atoms with Crippen molar-refractivity contribution in [3.63, 3.8) is 0 Å². The third-order valence-electron chi connectivity index (χ3n) is 4.07. The van der Waals surface area contributed by atoms with Gasteiger partial charge in [0, 0.05) is 6.54 Å². The van der Waals surface area contributed by atoms with Gasteiger partial charge in [0.05, 0.1) is 11.6 Å². The lowest BCUT2D eigenvalue weighted by Gasteiger charge is -2.28. The number of rotatable bonds is 5. The van der Waals surface area contributed by atoms with Gasteiger partial charge in [0.1, 0.15) is 0 Å². The van der Waals surface area contributed by atoms with Gasteiger partial charge >= 0.3 is 5.97 Å². The lowest BCUT2D eigenvalue weighted by molar-refractivity contribution is -0.124. The molecule has 1 heterocycles. The number of piperidine rings is 1. The molecule has 1 saturated heterocycles. The van der Waals surface area contributed by atoms with Crippen LogP contribution in [-0.4, -0.2) is 29.6 Å². The number of carbonyl (C=O) groups is 2. The van der Waals surface area contributed by atoms with Crippen LogP contribution in [0.15, 0.2) is 24.3 Å². The van der Waals surface area contributed by atoms with Crippen LogP contribution in [0, 0.1) is 5.92 Å². The second kappa shape index (κ2) is 7.22. The molecule has 5 heteroatoms. The molecule has 0 aromatic heterocycles. The number of amides is 1. The van der Waals surface area contributed by atoms with Crippen LogP contribution in [0.2, 0.25) is 0 Å². The zero-order valence-electron chi connectivity index (χ0n) is 12.3. The largest absolute Gasteiger partial charge is 0.478 e. The van der Waals surface area contributed by atoms with Crippen LogP contribution < -0.4 is 10.6 Å². The van der Waals surface area contributed by atoms with Crippen molar-refractivity contribution in [2.75, 3.05) is 6.54 Å². The molecule has 2 rings (SSSR count). The number of carboxylic acids is 1. The normalized spacial score (nSPS) is 21.8. The summed E-state index contributed by atoms with van der Waals surface area (Å²) in [4.78, 5) is 22.9. The van der Waals surface area contributed by atoms with Gasteiger partial charge in [0.2, 0.25) is 5.91 Å². The number of nitrogens with one attached hydrogen (secondary N) is 2. The van der Waals surface area contributed by atoms with Gasteiger partial charge in [-0.05, 0) is 43.0 Å². The van der Waals surface area contributed by atoms with Crippen molar-refractivity contribution in [2.45, 2.75) is 38.8 Å². The van der Waals surface area contributed by atoms with Crippen molar-refractivity contribution in [1.82, 2.24) is 10.6 Å². The molecule has 2 atom stereocenters. The predicted molar refractivity (Wildman–Crippen MR) is 80.1 cm³/mol. The van der Waals surface area contributed by atoms with Crippen molar-refractivity contribution < 1.29 is 14.7 Å². The van der Waals surface area contributed by atoms with E-state index in [0.717, 1.165) is 31.4 Å². The first-order valence-electron chi connectivity index (χ1n) is 7.43. The Morgan fingerprint density at radius 1 is 1.33 bits per heavy atom. The summed E-state index contributed by atoms with van der Waals surface area (Å²) < 4.78 is 0. The summed E-state index contributed by atoms with van der Waals surface area (Å²) >= 11 is 0. The van der Waals surface area contributed by atoms with Gasteiger partial charge in [-0.15, -0.1) is 0 Å². The molecular formula is C16H22N2O3. The molecule has 0 spiro atoms. The Morgan fingerprint density at radius 2 is 2.05 bits per heavy atom. The Balaban J connectivity index is 1.84. The van der Waals surface area contributed by atoms with E-state index in [4.69, 9.17) is 5.11 Å². The average molecular weight is 290 g/mol. The Morgan fingerprint density at radius 3 is 2.67 bits per heavy atom. The molecule has 1 aliphatic rings. The van der Waals surface area contributed by atoms with Gasteiger partial charge in [-0.1, -0.05) is 25.5 Å². The zero-order valence-corrected chi connectivity index (χ0v) is 12.3. The minimum absolute atomic E-state index is 0.0236. The van der Waals surface area contributed by atoms with Gasteiger partial charge in [-0.25, -0.2) is 4.79 Å². The maximum absolute atomic E-state index is 12.1. The lowest BCUT2D eigenvalue weighted by Crippen LogP contribution is -2.48. The summed E-state index contributed by atoms with van der Waals surface area (Å²) in [6.07, 6.45) is 3.14. The molecule has 5 nitrogen and oxygen atoms in total. The van der Waals surface area contributed by atoms with E-state index in [-0.39, 0.29) is 17.5 Å². The van der Waals surface area contributed by atoms with Gasteiger partial charge in [0.25, 0.3) is 0 Å². The first-order chi connectivity index (χ1) is 10.1. The fourth-order valence-electron chi connectivity index (χ4n) is 2.64. The van der Waals surface area contributed by atoms with E-state index in [1.165, 1.54) is 0 Å². The molecule has 3 N–H and O–H groups in total. The Bertz CT molecular complexity index is 499. The summed E-state index contributed by atoms with van der Waals surface area (Å²) in [6, 6.07) is 6.45. The van der Waals surface area contributed by atoms with E-state index in [1.807, 2.05) is 0 Å². The molecule has 0 radical (unpaired) electrons. The number of carbonyl (C=O) groups excluding carboxylic acids is 1. The van der Waals surface area contributed by atoms with Crippen molar-refractivity contribution in [2.24, 2.45) is 5.92 Å². The van der Waals surface area contributed by atoms with Gasteiger partial charge in [-0.2, -0.15) is 0 Å². The fourth-order valence-corrected chi connectivity index (χ4v) is 2.64. The Labute approximate surface area is 124 Å². The molecule has 1 fully saturated rings. The smallest absolute Gasteiger partial charge is 0.335 e. The molecular weight excluding hydrogens is 268 g/mol. The first-order valence-corrected chi connectivity index (χ1v) is 7.43. The highest BCUT2D eigenvalue weighted by atomic mass is 16.4. The fraction of sp³-hybridized carbons (Fsp3) is 0.500. The maximum atomic E-state index is 12.1. The van der Waals surface area contributed by atoms with Crippen molar-refractivity contribution in [3.05, 3.63) is 35.4 Å². The molecule has 0 bridgehead atoms. The minimum atomic E-state index is -0.942. The number of carboxylic acid groups (broad SMARTS) is 1. The monoisotopic (exact) mass is 290 g/mol. The number of hydrogen-bond donors (Lipinski definition) is 3. The van der Waals surface area contributed by atoms with Gasteiger partial charge in [-0.3, -0.25) is 4.79 Å². The Kier molecular flexibility index (Phi) is 5.33. The van der Waals surface area contributed by atoms with Crippen molar-refractivity contribution in [3.8, 4) is 0 Å². The van der Waals surface area contributed by atoms with Crippen LogP contribution in [0.4, 0.5) is 0 Å². The van der Waals surface area contributed by atoms with Crippen LogP contribution in [0.25, 0.3) is 0 Å². The zero-order chi connectivity index (χ0) is 15.2. The van der Waals surface area contributed by atoms with E-state index >= 15 is 0 Å². The van der Waals surface area contributed by atoms with Gasteiger partial charge < -0.3 is 15.7 Å². The number of hydrogen-bond acceptors (Lipinski definition) is 3. The van der Waals surface area contributed by atoms with E-state index in [1.54, 1.807) is 24.3 Å². The number of benzene rings is 1. The van der Waals surface area contributed by atoms with E-state index < -0.39 is 5.97 Å². The molecule has 2 unspecified atom stereocenters. The van der Waals surface area contributed by atoms with Crippen LogP contribution in [0.3, 0.4) is 0 Å². The predicted octanol–water partition coefficient (Wildman–Crippen LogP) is 1.78. The molecule has 1 aromatic carbocycles. The summed E-state index contributed by atoms with van der Waals surface area (Å²) in [6.45, 7) is 3.48. The molecule has 21 heavy (non-hydrogen) atoms. The topological polar surface area (TPSA) is 78.4 Å². The highest BCUT2D eigenvalue weighted by molar-refractivity contribution is 5.87. The molecule has 1 amide bonds. The molecule has 0 saturated carbocycles. The highest BCUT2D eigenvalue weighted by Crippen LogP contribution is 2.19. The molecule has 0 aliphatic carbocycles. The van der Waals surface area contributed by atoms with Crippen LogP contribution in [0.5, 0.6) is 0 Å². The molecule has 1 aliphatic heterocycles. The summed E-state index contributed by atoms with van der Waals surface area (Å²) in [5.74, 6) is -0.296. The minimum Gasteiger partial charge on any atom is -0.478 e. The van der Waals surface area contributed by atoms with Crippen LogP contribution in [-0.2, 0) is 11.3 Å². The average Bonchev–Trinajstić information content (AvgIpc) is 2.53. The van der Waals surface area contributed by atoms with Crippen LogP contribution in [0.1, 0.15) is 42.1 Å². The SMILES string of the molecule is CCC1CCNC(C(=O)NCc2ccc(C(=O)O)cc2)C1. The molecule has 1 aromatic rings. The first kappa shape index (κ1) is 15.5. The second-order valence-electron chi connectivity index (χ2n) is 5.53. The summed E-state index contributed by atoms with van der Waals surface area (Å²) in [5.41, 5.74) is 1.15. The number of aromatic carboxylic acids is 1. The maximum Gasteiger partial charge on any atom is 0.335 e. The summed E-state index contributed by atoms with van der Waals surface area (Å²) in [7, 11) is 0. The van der Waals surface area contributed by atoms with E-state index in [2.05, 4.69) is 17.6 Å². The van der Waals surface area contributed by atoms with E-state index in [0.29, 0.717) is 12.5 Å². The van der Waals surface area contributed by atoms with Crippen molar-refractivity contribution >= 4 is 11.9 Å². The third-order valence-corrected chi connectivity index (χ3v) is 4.07. The van der Waals surface area contributed by atoms with Crippen LogP contribution >= 0.6 is 0 Å². The third kappa shape index (κ3) is 4.29. The summed E-state index contributed by atoms with van der Waals surface area (Å²) in [5, 5.41) is 15.0.